The van der Waals surface area contributed by atoms with Gasteiger partial charge in [0.1, 0.15) is 0 Å². The van der Waals surface area contributed by atoms with Crippen molar-refractivity contribution in [3.63, 3.8) is 0 Å². The predicted molar refractivity (Wildman–Crippen MR) is 245 cm³/mol. The van der Waals surface area contributed by atoms with Crippen molar-refractivity contribution in [1.82, 2.24) is 0 Å². The molecule has 3 heteroatoms. The molecule has 1 aliphatic carbocycles. The average Bonchev–Trinajstić information content (AvgIpc) is 3.84. The summed E-state index contributed by atoms with van der Waals surface area (Å²) in [6.07, 6.45) is 10.0. The van der Waals surface area contributed by atoms with E-state index in [9.17, 15) is 0 Å². The Kier molecular flexibility index (Phi) is 15.0. The fraction of sp³-hybridized carbons (Fsp3) is 0.309. The molecular formula is C55H60Cl2Hf-2. The van der Waals surface area contributed by atoms with Crippen molar-refractivity contribution < 1.29 is 48.7 Å². The molecule has 0 unspecified atom stereocenters. The van der Waals surface area contributed by atoms with Crippen LogP contribution < -0.4 is 24.8 Å². The van der Waals surface area contributed by atoms with Crippen LogP contribution in [0.15, 0.2) is 133 Å². The van der Waals surface area contributed by atoms with Crippen LogP contribution in [-0.2, 0) is 45.6 Å². The molecule has 8 rings (SSSR count). The van der Waals surface area contributed by atoms with E-state index in [0.717, 1.165) is 30.3 Å². The third-order valence-electron chi connectivity index (χ3n) is 10.9. The first-order chi connectivity index (χ1) is 26.2. The standard InChI is InChI=1S/C29H41.C21H14.C5H5.2ClH.Hf/c1-26(2,3)22-14-18-13-19-15-23(27(4,5)6)25(29(10,11)12)17-21(19)20(18)16-24(22)28(7,8)9;1-3-13-20-16(7-1)9-5-11-18(20)15-19-12-6-10-17-8-2-4-14-21(17)19;1-2-4-5-3-1;;;/h13-17H,1-12H3;1-14H;1-3H,4H2;2*1H;/q-1;;-1;;;+2/p-2. The molecule has 58 heavy (non-hydrogen) atoms. The minimum atomic E-state index is 0. The van der Waals surface area contributed by atoms with Crippen molar-refractivity contribution in [1.29, 1.82) is 0 Å². The van der Waals surface area contributed by atoms with Crippen molar-refractivity contribution in [2.75, 3.05) is 0 Å². The summed E-state index contributed by atoms with van der Waals surface area (Å²) in [6.45, 7) is 28.0. The molecule has 7 aromatic carbocycles. The van der Waals surface area contributed by atoms with Crippen molar-refractivity contribution in [2.24, 2.45) is 0 Å². The molecule has 0 aromatic heterocycles. The fourth-order valence-electron chi connectivity index (χ4n) is 7.96. The van der Waals surface area contributed by atoms with E-state index in [2.05, 4.69) is 210 Å². The van der Waals surface area contributed by atoms with E-state index in [1.807, 2.05) is 12.2 Å². The Morgan fingerprint density at radius 3 is 1.17 bits per heavy atom. The topological polar surface area (TPSA) is 0 Å². The van der Waals surface area contributed by atoms with Crippen molar-refractivity contribution >= 4 is 46.3 Å². The molecule has 0 fully saturated rings. The first-order valence-electron chi connectivity index (χ1n) is 20.2. The number of halogens is 2. The van der Waals surface area contributed by atoms with Crippen LogP contribution in [0.3, 0.4) is 0 Å². The van der Waals surface area contributed by atoms with Crippen LogP contribution in [0, 0.1) is 6.08 Å². The quantitative estimate of drug-likeness (QED) is 0.120. The van der Waals surface area contributed by atoms with E-state index >= 15 is 0 Å². The Hall–Kier alpha value is -3.49. The molecule has 0 spiro atoms. The van der Waals surface area contributed by atoms with Crippen molar-refractivity contribution in [3.8, 4) is 0 Å². The Morgan fingerprint density at radius 2 is 0.845 bits per heavy atom. The van der Waals surface area contributed by atoms with Gasteiger partial charge in [0.05, 0.1) is 0 Å². The SMILES string of the molecule is CC(C)(C)c1cc2[cH-]c3cc(C(C)(C)C)c(C(C)(C)C)cc3c2cc1C(C)(C)C.[C-]1=CC=CC1.[Cl-].[Cl-].[Hf+2]=[C](c1cccc2ccccc12)c1cccc2ccccc12. The molecule has 0 radical (unpaired) electrons. The van der Waals surface area contributed by atoms with Crippen molar-refractivity contribution in [2.45, 2.75) is 111 Å². The number of rotatable bonds is 2. The summed E-state index contributed by atoms with van der Waals surface area (Å²) in [7, 11) is 0. The Balaban J connectivity index is 0.000000227. The van der Waals surface area contributed by atoms with Gasteiger partial charge in [0.15, 0.2) is 0 Å². The van der Waals surface area contributed by atoms with Crippen LogP contribution >= 0.6 is 0 Å². The summed E-state index contributed by atoms with van der Waals surface area (Å²) in [6, 6.07) is 42.9. The summed E-state index contributed by atoms with van der Waals surface area (Å²) in [5, 5.41) is 10.9. The molecule has 0 N–H and O–H groups in total. The number of fused-ring (bicyclic) bond motifs is 5. The molecule has 0 saturated carbocycles. The number of allylic oxidation sites excluding steroid dienone is 4. The van der Waals surface area contributed by atoms with Gasteiger partial charge < -0.3 is 24.8 Å². The van der Waals surface area contributed by atoms with E-state index < -0.39 is 0 Å². The zero-order valence-corrected chi connectivity index (χ0v) is 41.8. The monoisotopic (exact) mass is 970 g/mol. The maximum absolute atomic E-state index is 2.99. The summed E-state index contributed by atoms with van der Waals surface area (Å²) in [4.78, 5) is 0. The maximum atomic E-state index is 2.99. The number of benzene rings is 6. The third kappa shape index (κ3) is 10.4. The molecule has 1 aliphatic rings. The normalized spacial score (nSPS) is 12.8. The summed E-state index contributed by atoms with van der Waals surface area (Å²) in [5.74, 6) is 0. The van der Waals surface area contributed by atoms with Gasteiger partial charge in [-0.25, -0.2) is 12.2 Å². The van der Waals surface area contributed by atoms with Gasteiger partial charge in [0, 0.05) is 0 Å². The second-order valence-electron chi connectivity index (χ2n) is 19.5. The second-order valence-corrected chi connectivity index (χ2v) is 21.3. The van der Waals surface area contributed by atoms with Crippen LogP contribution in [-0.4, -0.2) is 3.26 Å². The second kappa shape index (κ2) is 18.4. The van der Waals surface area contributed by atoms with Gasteiger partial charge in [0.25, 0.3) is 0 Å². The summed E-state index contributed by atoms with van der Waals surface area (Å²) in [5.41, 5.74) is 9.16. The molecule has 0 atom stereocenters. The Labute approximate surface area is 376 Å². The molecule has 0 saturated heterocycles. The zero-order chi connectivity index (χ0) is 40.6. The first kappa shape index (κ1) is 47.2. The fourth-order valence-corrected chi connectivity index (χ4v) is 9.53. The molecular weight excluding hydrogens is 910 g/mol. The van der Waals surface area contributed by atoms with Gasteiger partial charge in [-0.05, 0) is 21.7 Å². The van der Waals surface area contributed by atoms with Gasteiger partial charge in [-0.2, -0.15) is 6.08 Å². The molecule has 300 valence electrons. The number of hydrogen-bond donors (Lipinski definition) is 0. The van der Waals surface area contributed by atoms with Gasteiger partial charge in [0.2, 0.25) is 0 Å². The molecule has 0 nitrogen and oxygen atoms in total. The van der Waals surface area contributed by atoms with Gasteiger partial charge >= 0.3 is 145 Å². The van der Waals surface area contributed by atoms with Gasteiger partial charge in [-0.15, -0.1) is 46.2 Å². The van der Waals surface area contributed by atoms with Gasteiger partial charge in [-0.3, -0.25) is 6.08 Å². The Morgan fingerprint density at radius 1 is 0.483 bits per heavy atom. The van der Waals surface area contributed by atoms with Crippen molar-refractivity contribution in [3.05, 3.63) is 173 Å². The van der Waals surface area contributed by atoms with E-state index in [1.54, 1.807) is 0 Å². The molecule has 0 aliphatic heterocycles. The van der Waals surface area contributed by atoms with E-state index in [1.165, 1.54) is 79.7 Å². The molecule has 0 heterocycles. The predicted octanol–water partition coefficient (Wildman–Crippen LogP) is 9.32. The summed E-state index contributed by atoms with van der Waals surface area (Å²) < 4.78 is 1.47. The number of hydrogen-bond acceptors (Lipinski definition) is 0. The molecule has 0 amide bonds. The molecule has 0 bridgehead atoms. The van der Waals surface area contributed by atoms with Crippen LogP contribution in [0.4, 0.5) is 0 Å². The van der Waals surface area contributed by atoms with E-state index in [-0.39, 0.29) is 46.5 Å². The van der Waals surface area contributed by atoms with Gasteiger partial charge in [-0.1, -0.05) is 117 Å². The van der Waals surface area contributed by atoms with Crippen LogP contribution in [0.5, 0.6) is 0 Å². The zero-order valence-electron chi connectivity index (χ0n) is 36.7. The molecule has 7 aromatic rings. The van der Waals surface area contributed by atoms with E-state index in [4.69, 9.17) is 0 Å². The van der Waals surface area contributed by atoms with Crippen LogP contribution in [0.25, 0.3) is 43.1 Å². The Bertz CT molecular complexity index is 2410. The third-order valence-corrected chi connectivity index (χ3v) is 12.9. The van der Waals surface area contributed by atoms with Crippen LogP contribution in [0.1, 0.15) is 123 Å². The first-order valence-corrected chi connectivity index (χ1v) is 22.0. The average molecular weight is 970 g/mol. The summed E-state index contributed by atoms with van der Waals surface area (Å²) >= 11 is 1.02. The van der Waals surface area contributed by atoms with Crippen LogP contribution in [0.2, 0.25) is 0 Å². The van der Waals surface area contributed by atoms with E-state index in [0.29, 0.717) is 0 Å². The minimum absolute atomic E-state index is 0.